The summed E-state index contributed by atoms with van der Waals surface area (Å²) in [5.74, 6) is -0.693. The van der Waals surface area contributed by atoms with E-state index in [1.54, 1.807) is 41.2 Å². The van der Waals surface area contributed by atoms with Crippen molar-refractivity contribution in [1.29, 1.82) is 0 Å². The van der Waals surface area contributed by atoms with Crippen LogP contribution in [0.5, 0.6) is 0 Å². The smallest absolute Gasteiger partial charge is 0.337 e. The molecule has 0 saturated carbocycles. The molecule has 2 aromatic carbocycles. The van der Waals surface area contributed by atoms with Crippen LogP contribution in [-0.2, 0) is 9.53 Å². The van der Waals surface area contributed by atoms with Crippen molar-refractivity contribution in [2.45, 2.75) is 0 Å². The normalized spacial score (nSPS) is 10.7. The summed E-state index contributed by atoms with van der Waals surface area (Å²) in [7, 11) is 1.32. The quantitative estimate of drug-likeness (QED) is 0.568. The second kappa shape index (κ2) is 7.94. The summed E-state index contributed by atoms with van der Waals surface area (Å²) in [5, 5.41) is 7.00. The SMILES string of the molecule is COC(=O)c1ccc(NC(=O)/C=C/c2cnn(-c3ccccc3)c2)cc1. The van der Waals surface area contributed by atoms with E-state index in [0.717, 1.165) is 11.3 Å². The zero-order valence-corrected chi connectivity index (χ0v) is 14.1. The van der Waals surface area contributed by atoms with Gasteiger partial charge in [-0.05, 0) is 42.5 Å². The van der Waals surface area contributed by atoms with E-state index in [1.807, 2.05) is 36.5 Å². The van der Waals surface area contributed by atoms with E-state index in [0.29, 0.717) is 11.3 Å². The highest BCUT2D eigenvalue weighted by Crippen LogP contribution is 2.11. The number of benzene rings is 2. The Balaban J connectivity index is 1.61. The first kappa shape index (κ1) is 17.2. The van der Waals surface area contributed by atoms with Gasteiger partial charge in [-0.15, -0.1) is 0 Å². The standard InChI is InChI=1S/C20H17N3O3/c1-26-20(25)16-8-10-17(11-9-16)22-19(24)12-7-15-13-21-23(14-15)18-5-3-2-4-6-18/h2-14H,1H3,(H,22,24)/b12-7+. The summed E-state index contributed by atoms with van der Waals surface area (Å²) in [5.41, 5.74) is 2.77. The molecule has 1 amide bonds. The zero-order chi connectivity index (χ0) is 18.4. The van der Waals surface area contributed by atoms with Gasteiger partial charge in [0.2, 0.25) is 5.91 Å². The molecule has 1 N–H and O–H groups in total. The van der Waals surface area contributed by atoms with Gasteiger partial charge < -0.3 is 10.1 Å². The number of para-hydroxylation sites is 1. The van der Waals surface area contributed by atoms with Gasteiger partial charge in [0.05, 0.1) is 24.6 Å². The second-order valence-electron chi connectivity index (χ2n) is 5.45. The van der Waals surface area contributed by atoms with Crippen LogP contribution in [0.15, 0.2) is 73.1 Å². The van der Waals surface area contributed by atoms with Gasteiger partial charge in [0, 0.05) is 23.5 Å². The van der Waals surface area contributed by atoms with Crippen LogP contribution in [-0.4, -0.2) is 28.8 Å². The maximum absolute atomic E-state index is 12.0. The third kappa shape index (κ3) is 4.24. The number of esters is 1. The van der Waals surface area contributed by atoms with Crippen LogP contribution in [0.2, 0.25) is 0 Å². The summed E-state index contributed by atoms with van der Waals surface area (Å²) in [6.07, 6.45) is 6.64. The van der Waals surface area contributed by atoms with Crippen LogP contribution in [0.3, 0.4) is 0 Å². The third-order valence-corrected chi connectivity index (χ3v) is 3.62. The van der Waals surface area contributed by atoms with E-state index in [1.165, 1.54) is 13.2 Å². The van der Waals surface area contributed by atoms with Crippen molar-refractivity contribution < 1.29 is 14.3 Å². The van der Waals surface area contributed by atoms with Crippen LogP contribution in [0, 0.1) is 0 Å². The highest BCUT2D eigenvalue weighted by atomic mass is 16.5. The van der Waals surface area contributed by atoms with Crippen molar-refractivity contribution in [3.05, 3.63) is 84.2 Å². The van der Waals surface area contributed by atoms with E-state index >= 15 is 0 Å². The van der Waals surface area contributed by atoms with Crippen LogP contribution in [0.1, 0.15) is 15.9 Å². The molecule has 3 aromatic rings. The van der Waals surface area contributed by atoms with Gasteiger partial charge in [0.25, 0.3) is 0 Å². The van der Waals surface area contributed by atoms with E-state index in [4.69, 9.17) is 0 Å². The number of anilines is 1. The summed E-state index contributed by atoms with van der Waals surface area (Å²) in [4.78, 5) is 23.4. The van der Waals surface area contributed by atoms with E-state index in [9.17, 15) is 9.59 Å². The predicted molar refractivity (Wildman–Crippen MR) is 99.0 cm³/mol. The van der Waals surface area contributed by atoms with Crippen molar-refractivity contribution in [3.8, 4) is 5.69 Å². The number of rotatable bonds is 5. The average Bonchev–Trinajstić information content (AvgIpc) is 3.16. The number of methoxy groups -OCH3 is 1. The van der Waals surface area contributed by atoms with Gasteiger partial charge in [-0.2, -0.15) is 5.10 Å². The number of amides is 1. The fourth-order valence-corrected chi connectivity index (χ4v) is 2.31. The van der Waals surface area contributed by atoms with Gasteiger partial charge >= 0.3 is 5.97 Å². The Morgan fingerprint density at radius 2 is 1.81 bits per heavy atom. The minimum Gasteiger partial charge on any atom is -0.465 e. The van der Waals surface area contributed by atoms with E-state index < -0.39 is 5.97 Å². The molecule has 6 heteroatoms. The molecule has 1 heterocycles. The van der Waals surface area contributed by atoms with E-state index in [-0.39, 0.29) is 5.91 Å². The minimum atomic E-state index is -0.418. The van der Waals surface area contributed by atoms with Gasteiger partial charge in [-0.25, -0.2) is 9.48 Å². The lowest BCUT2D eigenvalue weighted by molar-refractivity contribution is -0.111. The monoisotopic (exact) mass is 347 g/mol. The molecule has 1 aromatic heterocycles. The van der Waals surface area contributed by atoms with Gasteiger partial charge in [-0.1, -0.05) is 18.2 Å². The van der Waals surface area contributed by atoms with Crippen LogP contribution >= 0.6 is 0 Å². The summed E-state index contributed by atoms with van der Waals surface area (Å²) in [6, 6.07) is 16.2. The Bertz CT molecular complexity index is 928. The number of hydrogen-bond donors (Lipinski definition) is 1. The highest BCUT2D eigenvalue weighted by molar-refractivity contribution is 6.02. The van der Waals surface area contributed by atoms with Gasteiger partial charge in [-0.3, -0.25) is 4.79 Å². The largest absolute Gasteiger partial charge is 0.465 e. The van der Waals surface area contributed by atoms with Gasteiger partial charge in [0.1, 0.15) is 0 Å². The number of nitrogens with one attached hydrogen (secondary N) is 1. The molecule has 0 radical (unpaired) electrons. The molecule has 0 fully saturated rings. The Morgan fingerprint density at radius 3 is 2.50 bits per heavy atom. The van der Waals surface area contributed by atoms with Crippen molar-refractivity contribution >= 4 is 23.6 Å². The molecule has 0 unspecified atom stereocenters. The third-order valence-electron chi connectivity index (χ3n) is 3.62. The molecule has 0 atom stereocenters. The highest BCUT2D eigenvalue weighted by Gasteiger charge is 2.05. The molecular weight excluding hydrogens is 330 g/mol. The van der Waals surface area contributed by atoms with Crippen LogP contribution in [0.25, 0.3) is 11.8 Å². The number of carbonyl (C=O) groups is 2. The first-order valence-corrected chi connectivity index (χ1v) is 7.93. The minimum absolute atomic E-state index is 0.275. The molecule has 6 nitrogen and oxygen atoms in total. The first-order chi connectivity index (χ1) is 12.7. The Hall–Kier alpha value is -3.67. The number of hydrogen-bond acceptors (Lipinski definition) is 4. The maximum Gasteiger partial charge on any atom is 0.337 e. The lowest BCUT2D eigenvalue weighted by atomic mass is 10.2. The predicted octanol–water partition coefficient (Wildman–Crippen LogP) is 3.31. The van der Waals surface area contributed by atoms with Crippen molar-refractivity contribution in [2.75, 3.05) is 12.4 Å². The molecule has 0 aliphatic heterocycles. The summed E-state index contributed by atoms with van der Waals surface area (Å²) < 4.78 is 6.37. The lowest BCUT2D eigenvalue weighted by Gasteiger charge is -2.03. The topological polar surface area (TPSA) is 73.2 Å². The van der Waals surface area contributed by atoms with Crippen molar-refractivity contribution in [2.24, 2.45) is 0 Å². The van der Waals surface area contributed by atoms with Gasteiger partial charge in [0.15, 0.2) is 0 Å². The van der Waals surface area contributed by atoms with E-state index in [2.05, 4.69) is 15.2 Å². The Kier molecular flexibility index (Phi) is 5.24. The molecule has 0 bridgehead atoms. The van der Waals surface area contributed by atoms with Crippen LogP contribution in [0.4, 0.5) is 5.69 Å². The molecule has 3 rings (SSSR count). The molecule has 130 valence electrons. The van der Waals surface area contributed by atoms with Crippen molar-refractivity contribution in [1.82, 2.24) is 9.78 Å². The molecule has 0 aliphatic rings. The number of aromatic nitrogens is 2. The maximum atomic E-state index is 12.0. The fraction of sp³-hybridized carbons (Fsp3) is 0.0500. The Labute approximate surface area is 150 Å². The number of carbonyl (C=O) groups excluding carboxylic acids is 2. The molecular formula is C20H17N3O3. The summed E-state index contributed by atoms with van der Waals surface area (Å²) >= 11 is 0. The Morgan fingerprint density at radius 1 is 1.08 bits per heavy atom. The number of ether oxygens (including phenoxy) is 1. The fourth-order valence-electron chi connectivity index (χ4n) is 2.31. The van der Waals surface area contributed by atoms with Crippen LogP contribution < -0.4 is 5.32 Å². The van der Waals surface area contributed by atoms with Crippen molar-refractivity contribution in [3.63, 3.8) is 0 Å². The zero-order valence-electron chi connectivity index (χ0n) is 14.1. The average molecular weight is 347 g/mol. The summed E-state index contributed by atoms with van der Waals surface area (Å²) in [6.45, 7) is 0. The number of nitrogens with zero attached hydrogens (tertiary/aromatic N) is 2. The molecule has 0 aliphatic carbocycles. The molecule has 0 saturated heterocycles. The first-order valence-electron chi connectivity index (χ1n) is 7.93. The lowest BCUT2D eigenvalue weighted by Crippen LogP contribution is -2.08. The molecule has 26 heavy (non-hydrogen) atoms. The second-order valence-corrected chi connectivity index (χ2v) is 5.45. The molecule has 0 spiro atoms.